The molecule has 1 heterocycles. The zero-order valence-corrected chi connectivity index (χ0v) is 13.5. The molecule has 120 valence electrons. The van der Waals surface area contributed by atoms with Gasteiger partial charge in [0.05, 0.1) is 5.92 Å². The van der Waals surface area contributed by atoms with E-state index in [1.165, 1.54) is 0 Å². The van der Waals surface area contributed by atoms with Crippen molar-refractivity contribution in [2.45, 2.75) is 26.7 Å². The first kappa shape index (κ1) is 16.5. The van der Waals surface area contributed by atoms with Crippen LogP contribution in [-0.4, -0.2) is 38.6 Å². The molecule has 2 rings (SSSR count). The minimum atomic E-state index is -0.269. The number of carbonyl (C=O) groups excluding carboxylic acids is 2. The third-order valence-electron chi connectivity index (χ3n) is 3.98. The summed E-state index contributed by atoms with van der Waals surface area (Å²) >= 11 is 0. The zero-order valence-electron chi connectivity index (χ0n) is 13.5. The average Bonchev–Trinajstić information content (AvgIpc) is 2.88. The standard InChI is InChI=1S/C17H24N2O3/c1-12-5-6-13(2)15(9-12)19-11-14(10-16(19)20)17(21)18-7-4-8-22-3/h5-6,9,14H,4,7-8,10-11H2,1-3H3,(H,18,21). The molecule has 0 bridgehead atoms. The van der Waals surface area contributed by atoms with Gasteiger partial charge in [0.2, 0.25) is 11.8 Å². The van der Waals surface area contributed by atoms with Crippen LogP contribution >= 0.6 is 0 Å². The maximum absolute atomic E-state index is 12.3. The van der Waals surface area contributed by atoms with Crippen LogP contribution in [0.4, 0.5) is 5.69 Å². The van der Waals surface area contributed by atoms with E-state index in [4.69, 9.17) is 4.74 Å². The van der Waals surface area contributed by atoms with Crippen LogP contribution in [0.5, 0.6) is 0 Å². The molecule has 0 saturated carbocycles. The maximum atomic E-state index is 12.3. The number of anilines is 1. The Labute approximate surface area is 131 Å². The zero-order chi connectivity index (χ0) is 16.1. The highest BCUT2D eigenvalue weighted by Gasteiger charge is 2.35. The number of aryl methyl sites for hydroxylation is 2. The fourth-order valence-corrected chi connectivity index (χ4v) is 2.70. The lowest BCUT2D eigenvalue weighted by molar-refractivity contribution is -0.126. The summed E-state index contributed by atoms with van der Waals surface area (Å²) in [7, 11) is 1.64. The lowest BCUT2D eigenvalue weighted by Crippen LogP contribution is -2.34. The van der Waals surface area contributed by atoms with E-state index in [9.17, 15) is 9.59 Å². The number of hydrogen-bond donors (Lipinski definition) is 1. The molecule has 1 fully saturated rings. The van der Waals surface area contributed by atoms with Crippen molar-refractivity contribution in [2.24, 2.45) is 5.92 Å². The van der Waals surface area contributed by atoms with Crippen LogP contribution in [0.3, 0.4) is 0 Å². The second-order valence-electron chi connectivity index (χ2n) is 5.83. The van der Waals surface area contributed by atoms with Crippen molar-refractivity contribution >= 4 is 17.5 Å². The van der Waals surface area contributed by atoms with Gasteiger partial charge >= 0.3 is 0 Å². The molecule has 1 N–H and O–H groups in total. The van der Waals surface area contributed by atoms with Crippen LogP contribution in [0.15, 0.2) is 18.2 Å². The second-order valence-corrected chi connectivity index (χ2v) is 5.83. The Kier molecular flexibility index (Phi) is 5.55. The molecule has 1 unspecified atom stereocenters. The molecule has 1 aliphatic rings. The Hall–Kier alpha value is -1.88. The first-order chi connectivity index (χ1) is 10.5. The summed E-state index contributed by atoms with van der Waals surface area (Å²) in [5.74, 6) is -0.294. The van der Waals surface area contributed by atoms with Gasteiger partial charge in [0, 0.05) is 38.9 Å². The topological polar surface area (TPSA) is 58.6 Å². The Bertz CT molecular complexity index is 557. The minimum absolute atomic E-state index is 0.0192. The third kappa shape index (κ3) is 3.85. The molecular weight excluding hydrogens is 280 g/mol. The van der Waals surface area contributed by atoms with Crippen LogP contribution in [0.1, 0.15) is 24.0 Å². The van der Waals surface area contributed by atoms with Gasteiger partial charge in [-0.05, 0) is 37.5 Å². The molecule has 2 amide bonds. The monoisotopic (exact) mass is 304 g/mol. The van der Waals surface area contributed by atoms with Gasteiger partial charge in [-0.1, -0.05) is 12.1 Å². The number of rotatable bonds is 6. The molecule has 1 aromatic carbocycles. The minimum Gasteiger partial charge on any atom is -0.385 e. The van der Waals surface area contributed by atoms with Gasteiger partial charge in [0.1, 0.15) is 0 Å². The van der Waals surface area contributed by atoms with Crippen molar-refractivity contribution in [1.29, 1.82) is 0 Å². The van der Waals surface area contributed by atoms with Gasteiger partial charge in [-0.2, -0.15) is 0 Å². The van der Waals surface area contributed by atoms with E-state index in [0.29, 0.717) is 19.7 Å². The van der Waals surface area contributed by atoms with Gasteiger partial charge in [0.25, 0.3) is 0 Å². The van der Waals surface area contributed by atoms with E-state index in [1.807, 2.05) is 32.0 Å². The van der Waals surface area contributed by atoms with Crippen LogP contribution in [0, 0.1) is 19.8 Å². The first-order valence-corrected chi connectivity index (χ1v) is 7.67. The van der Waals surface area contributed by atoms with E-state index < -0.39 is 0 Å². The number of methoxy groups -OCH3 is 1. The Morgan fingerprint density at radius 2 is 2.18 bits per heavy atom. The van der Waals surface area contributed by atoms with Crippen LogP contribution in [0.2, 0.25) is 0 Å². The van der Waals surface area contributed by atoms with Crippen molar-refractivity contribution in [3.63, 3.8) is 0 Å². The van der Waals surface area contributed by atoms with Gasteiger partial charge in [-0.15, -0.1) is 0 Å². The van der Waals surface area contributed by atoms with E-state index >= 15 is 0 Å². The Morgan fingerprint density at radius 3 is 2.91 bits per heavy atom. The highest BCUT2D eigenvalue weighted by atomic mass is 16.5. The largest absolute Gasteiger partial charge is 0.385 e. The highest BCUT2D eigenvalue weighted by molar-refractivity contribution is 6.00. The van der Waals surface area contributed by atoms with Crippen LogP contribution in [-0.2, 0) is 14.3 Å². The number of ether oxygens (including phenoxy) is 1. The van der Waals surface area contributed by atoms with Crippen molar-refractivity contribution in [3.05, 3.63) is 29.3 Å². The molecule has 22 heavy (non-hydrogen) atoms. The molecule has 1 saturated heterocycles. The van der Waals surface area contributed by atoms with E-state index in [2.05, 4.69) is 5.32 Å². The molecule has 5 heteroatoms. The molecule has 0 spiro atoms. The predicted octanol–water partition coefficient (Wildman–Crippen LogP) is 1.81. The average molecular weight is 304 g/mol. The Morgan fingerprint density at radius 1 is 1.41 bits per heavy atom. The highest BCUT2D eigenvalue weighted by Crippen LogP contribution is 2.28. The SMILES string of the molecule is COCCCNC(=O)C1CC(=O)N(c2cc(C)ccc2C)C1. The molecule has 1 atom stereocenters. The number of hydrogen-bond acceptors (Lipinski definition) is 3. The fourth-order valence-electron chi connectivity index (χ4n) is 2.70. The van der Waals surface area contributed by atoms with Gasteiger partial charge in [-0.3, -0.25) is 9.59 Å². The van der Waals surface area contributed by atoms with Crippen molar-refractivity contribution < 1.29 is 14.3 Å². The summed E-state index contributed by atoms with van der Waals surface area (Å²) in [5, 5.41) is 2.88. The van der Waals surface area contributed by atoms with Gasteiger partial charge in [0.15, 0.2) is 0 Å². The fraction of sp³-hybridized carbons (Fsp3) is 0.529. The van der Waals surface area contributed by atoms with E-state index in [0.717, 1.165) is 23.2 Å². The van der Waals surface area contributed by atoms with Gasteiger partial charge in [-0.25, -0.2) is 0 Å². The third-order valence-corrected chi connectivity index (χ3v) is 3.98. The predicted molar refractivity (Wildman–Crippen MR) is 85.9 cm³/mol. The van der Waals surface area contributed by atoms with E-state index in [-0.39, 0.29) is 24.2 Å². The smallest absolute Gasteiger partial charge is 0.227 e. The molecule has 1 aliphatic heterocycles. The molecular formula is C17H24N2O3. The quantitative estimate of drug-likeness (QED) is 0.815. The maximum Gasteiger partial charge on any atom is 0.227 e. The van der Waals surface area contributed by atoms with E-state index in [1.54, 1.807) is 12.0 Å². The lowest BCUT2D eigenvalue weighted by Gasteiger charge is -2.19. The summed E-state index contributed by atoms with van der Waals surface area (Å²) in [6.45, 7) is 5.66. The molecule has 1 aromatic rings. The number of nitrogens with one attached hydrogen (secondary N) is 1. The molecule has 5 nitrogen and oxygen atoms in total. The number of carbonyl (C=O) groups is 2. The molecule has 0 radical (unpaired) electrons. The lowest BCUT2D eigenvalue weighted by atomic mass is 10.1. The normalized spacial score (nSPS) is 17.9. The summed E-state index contributed by atoms with van der Waals surface area (Å²) in [6.07, 6.45) is 1.06. The van der Waals surface area contributed by atoms with Crippen molar-refractivity contribution in [2.75, 3.05) is 31.7 Å². The second kappa shape index (κ2) is 7.40. The summed E-state index contributed by atoms with van der Waals surface area (Å²) < 4.78 is 4.95. The van der Waals surface area contributed by atoms with Crippen LogP contribution in [0.25, 0.3) is 0 Å². The van der Waals surface area contributed by atoms with Crippen molar-refractivity contribution in [1.82, 2.24) is 5.32 Å². The van der Waals surface area contributed by atoms with Crippen molar-refractivity contribution in [3.8, 4) is 0 Å². The molecule has 0 aromatic heterocycles. The number of benzene rings is 1. The summed E-state index contributed by atoms with van der Waals surface area (Å²) in [4.78, 5) is 26.1. The summed E-state index contributed by atoms with van der Waals surface area (Å²) in [6, 6.07) is 6.04. The molecule has 0 aliphatic carbocycles. The van der Waals surface area contributed by atoms with Gasteiger partial charge < -0.3 is 15.0 Å². The Balaban J connectivity index is 1.98. The number of nitrogens with zero attached hydrogens (tertiary/aromatic N) is 1. The number of amides is 2. The first-order valence-electron chi connectivity index (χ1n) is 7.67. The van der Waals surface area contributed by atoms with Crippen LogP contribution < -0.4 is 10.2 Å². The summed E-state index contributed by atoms with van der Waals surface area (Å²) in [5.41, 5.74) is 3.08.